The predicted molar refractivity (Wildman–Crippen MR) is 55.0 cm³/mol. The highest BCUT2D eigenvalue weighted by molar-refractivity contribution is 6.07. The number of rotatable bonds is 2. The normalized spacial score (nSPS) is 14.0. The van der Waals surface area contributed by atoms with Gasteiger partial charge in [-0.3, -0.25) is 9.98 Å². The number of hydrogen-bond acceptors (Lipinski definition) is 3. The highest BCUT2D eigenvalue weighted by Gasteiger charge is 2.31. The molecule has 0 aliphatic rings. The van der Waals surface area contributed by atoms with Gasteiger partial charge >= 0.3 is 6.18 Å². The predicted octanol–water partition coefficient (Wildman–Crippen LogP) is 1.91. The Labute approximate surface area is 90.5 Å². The molecule has 0 amide bonds. The van der Waals surface area contributed by atoms with E-state index < -0.39 is 11.9 Å². The van der Waals surface area contributed by atoms with Crippen LogP contribution in [0, 0.1) is 0 Å². The summed E-state index contributed by atoms with van der Waals surface area (Å²) in [7, 11) is 1.38. The fourth-order valence-corrected chi connectivity index (χ4v) is 0.996. The van der Waals surface area contributed by atoms with Crippen molar-refractivity contribution in [3.8, 4) is 0 Å². The highest BCUT2D eigenvalue weighted by atomic mass is 19.4. The summed E-state index contributed by atoms with van der Waals surface area (Å²) in [4.78, 5) is 7.60. The average Bonchev–Trinajstić information content (AvgIpc) is 2.25. The van der Waals surface area contributed by atoms with Gasteiger partial charge in [-0.25, -0.2) is 0 Å². The second-order valence-electron chi connectivity index (χ2n) is 2.92. The first-order valence-corrected chi connectivity index (χ1v) is 4.37. The van der Waals surface area contributed by atoms with E-state index in [4.69, 9.17) is 5.73 Å². The lowest BCUT2D eigenvalue weighted by Crippen LogP contribution is -2.21. The molecule has 0 aliphatic carbocycles. The van der Waals surface area contributed by atoms with E-state index in [0.717, 1.165) is 6.08 Å². The molecule has 0 aliphatic heterocycles. The number of nitrogens with zero attached hydrogens (tertiary/aromatic N) is 2. The van der Waals surface area contributed by atoms with Crippen molar-refractivity contribution in [2.75, 3.05) is 7.05 Å². The monoisotopic (exact) mass is 229 g/mol. The molecule has 0 fully saturated rings. The van der Waals surface area contributed by atoms with Crippen LogP contribution < -0.4 is 5.73 Å². The van der Waals surface area contributed by atoms with E-state index in [1.165, 1.54) is 13.2 Å². The van der Waals surface area contributed by atoms with Crippen LogP contribution in [0.3, 0.4) is 0 Å². The third-order valence-corrected chi connectivity index (χ3v) is 1.79. The third kappa shape index (κ3) is 3.08. The molecule has 86 valence electrons. The average molecular weight is 229 g/mol. The van der Waals surface area contributed by atoms with Crippen LogP contribution in [-0.2, 0) is 0 Å². The van der Waals surface area contributed by atoms with E-state index in [0.29, 0.717) is 5.69 Å². The van der Waals surface area contributed by atoms with Crippen LogP contribution in [0.4, 0.5) is 13.2 Å². The van der Waals surface area contributed by atoms with Gasteiger partial charge in [0.2, 0.25) is 0 Å². The lowest BCUT2D eigenvalue weighted by atomic mass is 10.2. The maximum Gasteiger partial charge on any atom is 0.430 e. The molecular formula is C10H10F3N3. The van der Waals surface area contributed by atoms with Crippen molar-refractivity contribution in [3.05, 3.63) is 41.9 Å². The number of aliphatic imine (C=N–C) groups is 1. The first-order valence-electron chi connectivity index (χ1n) is 4.37. The Kier molecular flexibility index (Phi) is 3.65. The Hall–Kier alpha value is -1.85. The molecule has 1 heterocycles. The Balaban J connectivity index is 3.04. The van der Waals surface area contributed by atoms with Crippen LogP contribution in [0.25, 0.3) is 0 Å². The zero-order valence-corrected chi connectivity index (χ0v) is 8.49. The van der Waals surface area contributed by atoms with Gasteiger partial charge in [-0.15, -0.1) is 0 Å². The molecule has 0 saturated carbocycles. The van der Waals surface area contributed by atoms with Crippen LogP contribution in [0.1, 0.15) is 5.69 Å². The van der Waals surface area contributed by atoms with Gasteiger partial charge in [-0.2, -0.15) is 13.2 Å². The molecule has 0 unspecified atom stereocenters. The van der Waals surface area contributed by atoms with E-state index in [1.54, 1.807) is 18.2 Å². The molecule has 2 N–H and O–H groups in total. The van der Waals surface area contributed by atoms with Crippen molar-refractivity contribution in [1.29, 1.82) is 0 Å². The summed E-state index contributed by atoms with van der Waals surface area (Å²) in [5.41, 5.74) is 4.13. The van der Waals surface area contributed by atoms with Gasteiger partial charge in [0.1, 0.15) is 5.70 Å². The number of allylic oxidation sites excluding steroid dienone is 2. The van der Waals surface area contributed by atoms with Gasteiger partial charge in [-0.05, 0) is 18.2 Å². The number of nitrogens with two attached hydrogens (primary N) is 1. The Bertz CT molecular complexity index is 407. The summed E-state index contributed by atoms with van der Waals surface area (Å²) in [5.74, 6) is 0. The lowest BCUT2D eigenvalue weighted by molar-refractivity contribution is -0.0925. The second-order valence-corrected chi connectivity index (χ2v) is 2.92. The van der Waals surface area contributed by atoms with Gasteiger partial charge in [0.15, 0.2) is 0 Å². The molecule has 0 radical (unpaired) electrons. The SMILES string of the molecule is CN=C(C=C(N)C(F)(F)F)c1ccccn1. The van der Waals surface area contributed by atoms with Crippen molar-refractivity contribution in [2.24, 2.45) is 10.7 Å². The summed E-state index contributed by atoms with van der Waals surface area (Å²) in [6.07, 6.45) is -2.31. The van der Waals surface area contributed by atoms with Crippen molar-refractivity contribution in [3.63, 3.8) is 0 Å². The van der Waals surface area contributed by atoms with Gasteiger partial charge in [-0.1, -0.05) is 6.07 Å². The zero-order chi connectivity index (χ0) is 12.2. The minimum absolute atomic E-state index is 0.0930. The lowest BCUT2D eigenvalue weighted by Gasteiger charge is -2.06. The quantitative estimate of drug-likeness (QED) is 0.787. The van der Waals surface area contributed by atoms with Crippen molar-refractivity contribution in [1.82, 2.24) is 4.98 Å². The number of hydrogen-bond donors (Lipinski definition) is 1. The van der Waals surface area contributed by atoms with Crippen LogP contribution in [0.5, 0.6) is 0 Å². The minimum atomic E-state index is -4.55. The number of aromatic nitrogens is 1. The Morgan fingerprint density at radius 1 is 1.44 bits per heavy atom. The topological polar surface area (TPSA) is 51.3 Å². The van der Waals surface area contributed by atoms with Crippen LogP contribution in [0.2, 0.25) is 0 Å². The van der Waals surface area contributed by atoms with Crippen LogP contribution in [0.15, 0.2) is 41.2 Å². The smallest absolute Gasteiger partial charge is 0.395 e. The number of pyridine rings is 1. The fraction of sp³-hybridized carbons (Fsp3) is 0.200. The van der Waals surface area contributed by atoms with E-state index in [1.807, 2.05) is 0 Å². The van der Waals surface area contributed by atoms with Gasteiger partial charge in [0.05, 0.1) is 11.4 Å². The maximum atomic E-state index is 12.2. The largest absolute Gasteiger partial charge is 0.430 e. The van der Waals surface area contributed by atoms with Crippen LogP contribution >= 0.6 is 0 Å². The summed E-state index contributed by atoms with van der Waals surface area (Å²) >= 11 is 0. The molecule has 3 nitrogen and oxygen atoms in total. The molecule has 0 spiro atoms. The zero-order valence-electron chi connectivity index (χ0n) is 8.49. The van der Waals surface area contributed by atoms with Crippen molar-refractivity contribution < 1.29 is 13.2 Å². The van der Waals surface area contributed by atoms with E-state index in [9.17, 15) is 13.2 Å². The molecule has 1 aromatic rings. The van der Waals surface area contributed by atoms with Gasteiger partial charge < -0.3 is 5.73 Å². The fourth-order valence-electron chi connectivity index (χ4n) is 0.996. The molecular weight excluding hydrogens is 219 g/mol. The van der Waals surface area contributed by atoms with Crippen LogP contribution in [-0.4, -0.2) is 23.9 Å². The molecule has 0 aromatic carbocycles. The Morgan fingerprint density at radius 2 is 2.12 bits per heavy atom. The van der Waals surface area contributed by atoms with Gasteiger partial charge in [0, 0.05) is 13.2 Å². The molecule has 1 rings (SSSR count). The summed E-state index contributed by atoms with van der Waals surface area (Å²) in [6, 6.07) is 4.88. The molecule has 0 atom stereocenters. The molecule has 0 saturated heterocycles. The summed E-state index contributed by atoms with van der Waals surface area (Å²) < 4.78 is 36.6. The third-order valence-electron chi connectivity index (χ3n) is 1.79. The molecule has 16 heavy (non-hydrogen) atoms. The van der Waals surface area contributed by atoms with Crippen molar-refractivity contribution >= 4 is 5.71 Å². The van der Waals surface area contributed by atoms with E-state index in [-0.39, 0.29) is 5.71 Å². The highest BCUT2D eigenvalue weighted by Crippen LogP contribution is 2.21. The number of alkyl halides is 3. The first-order chi connectivity index (χ1) is 7.45. The number of halogens is 3. The molecule has 6 heteroatoms. The maximum absolute atomic E-state index is 12.2. The van der Waals surface area contributed by atoms with Gasteiger partial charge in [0.25, 0.3) is 0 Å². The summed E-state index contributed by atoms with van der Waals surface area (Å²) in [5, 5.41) is 0. The standard InChI is InChI=1S/C10H10F3N3/c1-15-8(6-9(14)10(11,12)13)7-4-2-3-5-16-7/h2-6H,14H2,1H3. The molecule has 1 aromatic heterocycles. The molecule has 0 bridgehead atoms. The minimum Gasteiger partial charge on any atom is -0.395 e. The van der Waals surface area contributed by atoms with E-state index in [2.05, 4.69) is 9.98 Å². The second kappa shape index (κ2) is 4.78. The Morgan fingerprint density at radius 3 is 2.56 bits per heavy atom. The first kappa shape index (κ1) is 12.2. The summed E-state index contributed by atoms with van der Waals surface area (Å²) in [6.45, 7) is 0. The van der Waals surface area contributed by atoms with Crippen molar-refractivity contribution in [2.45, 2.75) is 6.18 Å². The van der Waals surface area contributed by atoms with E-state index >= 15 is 0 Å².